The number of rotatable bonds is 5. The Balaban J connectivity index is 2.70. The van der Waals surface area contributed by atoms with E-state index in [1.165, 1.54) is 24.3 Å². The van der Waals surface area contributed by atoms with Crippen LogP contribution in [0.15, 0.2) is 24.3 Å². The van der Waals surface area contributed by atoms with Gasteiger partial charge in [-0.3, -0.25) is 4.79 Å². The van der Waals surface area contributed by atoms with Gasteiger partial charge in [0, 0.05) is 5.69 Å². The summed E-state index contributed by atoms with van der Waals surface area (Å²) in [5.74, 6) is -0.540. The third kappa shape index (κ3) is 5.37. The predicted octanol–water partition coefficient (Wildman–Crippen LogP) is 1.85. The van der Waals surface area contributed by atoms with Gasteiger partial charge in [0.25, 0.3) is 0 Å². The summed E-state index contributed by atoms with van der Waals surface area (Å²) < 4.78 is 12.7. The van der Waals surface area contributed by atoms with E-state index in [2.05, 4.69) is 10.6 Å². The Bertz CT molecular complexity index is 446. The molecule has 1 aromatic carbocycles. The highest BCUT2D eigenvalue weighted by Gasteiger charge is 2.20. The zero-order valence-corrected chi connectivity index (χ0v) is 10.9. The number of primary amides is 1. The normalized spacial score (nSPS) is 12.0. The molecule has 104 valence electrons. The van der Waals surface area contributed by atoms with E-state index in [4.69, 9.17) is 5.73 Å². The highest BCUT2D eigenvalue weighted by atomic mass is 19.1. The van der Waals surface area contributed by atoms with Crippen LogP contribution in [0.5, 0.6) is 0 Å². The molecule has 0 bridgehead atoms. The number of benzene rings is 1. The number of carbonyl (C=O) groups excluding carboxylic acids is 2. The van der Waals surface area contributed by atoms with Crippen LogP contribution in [0.4, 0.5) is 14.9 Å². The molecule has 0 aliphatic heterocycles. The first-order valence-corrected chi connectivity index (χ1v) is 6.01. The van der Waals surface area contributed by atoms with Crippen LogP contribution in [0, 0.1) is 11.7 Å². The quantitative estimate of drug-likeness (QED) is 0.760. The Morgan fingerprint density at radius 2 is 1.84 bits per heavy atom. The van der Waals surface area contributed by atoms with Gasteiger partial charge in [-0.05, 0) is 36.6 Å². The topological polar surface area (TPSA) is 84.2 Å². The van der Waals surface area contributed by atoms with E-state index in [0.29, 0.717) is 12.1 Å². The molecule has 6 heteroatoms. The van der Waals surface area contributed by atoms with Crippen LogP contribution in [0.25, 0.3) is 0 Å². The fourth-order valence-corrected chi connectivity index (χ4v) is 1.64. The van der Waals surface area contributed by atoms with Crippen molar-refractivity contribution in [1.29, 1.82) is 0 Å². The van der Waals surface area contributed by atoms with Gasteiger partial charge in [0.15, 0.2) is 0 Å². The summed E-state index contributed by atoms with van der Waals surface area (Å²) in [6, 6.07) is 3.93. The first-order valence-electron chi connectivity index (χ1n) is 6.01. The second-order valence-corrected chi connectivity index (χ2v) is 4.69. The first-order chi connectivity index (χ1) is 8.88. The van der Waals surface area contributed by atoms with E-state index in [1.54, 1.807) is 0 Å². The lowest BCUT2D eigenvalue weighted by molar-refractivity contribution is -0.118. The van der Waals surface area contributed by atoms with Crippen LogP contribution in [0.3, 0.4) is 0 Å². The standard InChI is InChI=1S/C13H18FN3O2/c1-8(2)7-11(17-13(15)19)12(18)16-10-5-3-9(14)4-6-10/h3-6,8,11H,7H2,1-2H3,(H,16,18)(H3,15,17,19)/t11-/m1/s1. The lowest BCUT2D eigenvalue weighted by Gasteiger charge is -2.19. The molecule has 19 heavy (non-hydrogen) atoms. The maximum absolute atomic E-state index is 12.7. The maximum Gasteiger partial charge on any atom is 0.312 e. The van der Waals surface area contributed by atoms with Crippen molar-refractivity contribution in [1.82, 2.24) is 5.32 Å². The van der Waals surface area contributed by atoms with Crippen molar-refractivity contribution in [2.45, 2.75) is 26.3 Å². The number of nitrogens with one attached hydrogen (secondary N) is 2. The molecule has 3 amide bonds. The summed E-state index contributed by atoms with van der Waals surface area (Å²) in [7, 11) is 0. The van der Waals surface area contributed by atoms with Gasteiger partial charge in [0.1, 0.15) is 11.9 Å². The van der Waals surface area contributed by atoms with Crippen LogP contribution < -0.4 is 16.4 Å². The Hall–Kier alpha value is -2.11. The number of halogens is 1. The van der Waals surface area contributed by atoms with E-state index in [9.17, 15) is 14.0 Å². The van der Waals surface area contributed by atoms with E-state index in [0.717, 1.165) is 0 Å². The summed E-state index contributed by atoms with van der Waals surface area (Å²) in [6.45, 7) is 3.86. The second-order valence-electron chi connectivity index (χ2n) is 4.69. The van der Waals surface area contributed by atoms with Crippen LogP contribution in [0.2, 0.25) is 0 Å². The fourth-order valence-electron chi connectivity index (χ4n) is 1.64. The van der Waals surface area contributed by atoms with Crippen molar-refractivity contribution in [3.05, 3.63) is 30.1 Å². The average molecular weight is 267 g/mol. The lowest BCUT2D eigenvalue weighted by atomic mass is 10.0. The van der Waals surface area contributed by atoms with Crippen molar-refractivity contribution in [2.75, 3.05) is 5.32 Å². The molecule has 0 saturated carbocycles. The van der Waals surface area contributed by atoms with Gasteiger partial charge in [-0.15, -0.1) is 0 Å². The Labute approximate surface area is 111 Å². The number of urea groups is 1. The summed E-state index contributed by atoms with van der Waals surface area (Å²) >= 11 is 0. The van der Waals surface area contributed by atoms with Crippen LogP contribution in [-0.4, -0.2) is 18.0 Å². The molecule has 0 aliphatic carbocycles. The predicted molar refractivity (Wildman–Crippen MR) is 71.0 cm³/mol. The Morgan fingerprint density at radius 1 is 1.26 bits per heavy atom. The van der Waals surface area contributed by atoms with Gasteiger partial charge >= 0.3 is 6.03 Å². The third-order valence-corrected chi connectivity index (χ3v) is 2.45. The fraction of sp³-hybridized carbons (Fsp3) is 0.385. The van der Waals surface area contributed by atoms with Gasteiger partial charge < -0.3 is 16.4 Å². The molecule has 0 heterocycles. The molecule has 5 nitrogen and oxygen atoms in total. The molecule has 1 aromatic rings. The third-order valence-electron chi connectivity index (χ3n) is 2.45. The number of amides is 3. The zero-order chi connectivity index (χ0) is 14.4. The molecule has 1 atom stereocenters. The van der Waals surface area contributed by atoms with Gasteiger partial charge in [0.05, 0.1) is 0 Å². The highest BCUT2D eigenvalue weighted by molar-refractivity contribution is 5.96. The van der Waals surface area contributed by atoms with Gasteiger partial charge in [-0.1, -0.05) is 13.8 Å². The summed E-state index contributed by atoms with van der Waals surface area (Å²) in [6.07, 6.45) is 0.468. The molecular formula is C13H18FN3O2. The molecule has 0 spiro atoms. The van der Waals surface area contributed by atoms with Crippen molar-refractivity contribution >= 4 is 17.6 Å². The smallest absolute Gasteiger partial charge is 0.312 e. The lowest BCUT2D eigenvalue weighted by Crippen LogP contribution is -2.46. The molecule has 0 fully saturated rings. The van der Waals surface area contributed by atoms with E-state index < -0.39 is 12.1 Å². The summed E-state index contributed by atoms with van der Waals surface area (Å²) in [5.41, 5.74) is 5.50. The van der Waals surface area contributed by atoms with Gasteiger partial charge in [-0.25, -0.2) is 9.18 Å². The monoisotopic (exact) mass is 267 g/mol. The molecule has 0 unspecified atom stereocenters. The number of carbonyl (C=O) groups is 2. The summed E-state index contributed by atoms with van der Waals surface area (Å²) in [4.78, 5) is 22.9. The SMILES string of the molecule is CC(C)C[C@@H](NC(N)=O)C(=O)Nc1ccc(F)cc1. The van der Waals surface area contributed by atoms with Crippen LogP contribution >= 0.6 is 0 Å². The molecule has 0 aromatic heterocycles. The van der Waals surface area contributed by atoms with E-state index in [1.807, 2.05) is 13.8 Å². The Morgan fingerprint density at radius 3 is 2.32 bits per heavy atom. The molecule has 0 aliphatic rings. The summed E-state index contributed by atoms with van der Waals surface area (Å²) in [5, 5.41) is 5.00. The van der Waals surface area contributed by atoms with Gasteiger partial charge in [-0.2, -0.15) is 0 Å². The molecule has 4 N–H and O–H groups in total. The number of nitrogens with two attached hydrogens (primary N) is 1. The van der Waals surface area contributed by atoms with Crippen molar-refractivity contribution in [3.8, 4) is 0 Å². The van der Waals surface area contributed by atoms with Crippen molar-refractivity contribution in [3.63, 3.8) is 0 Å². The molecule has 0 radical (unpaired) electrons. The number of hydrogen-bond donors (Lipinski definition) is 3. The minimum atomic E-state index is -0.750. The minimum Gasteiger partial charge on any atom is -0.352 e. The zero-order valence-electron chi connectivity index (χ0n) is 10.9. The van der Waals surface area contributed by atoms with Crippen LogP contribution in [-0.2, 0) is 4.79 Å². The molecule has 0 saturated heterocycles. The molecule has 1 rings (SSSR count). The number of hydrogen-bond acceptors (Lipinski definition) is 2. The first kappa shape index (κ1) is 14.9. The molecular weight excluding hydrogens is 249 g/mol. The minimum absolute atomic E-state index is 0.218. The van der Waals surface area contributed by atoms with Crippen molar-refractivity contribution in [2.24, 2.45) is 11.7 Å². The largest absolute Gasteiger partial charge is 0.352 e. The van der Waals surface area contributed by atoms with Crippen molar-refractivity contribution < 1.29 is 14.0 Å². The van der Waals surface area contributed by atoms with Gasteiger partial charge in [0.2, 0.25) is 5.91 Å². The Kier molecular flexibility index (Phi) is 5.29. The highest BCUT2D eigenvalue weighted by Crippen LogP contribution is 2.11. The second kappa shape index (κ2) is 6.72. The van der Waals surface area contributed by atoms with E-state index in [-0.39, 0.29) is 17.6 Å². The maximum atomic E-state index is 12.7. The van der Waals surface area contributed by atoms with E-state index >= 15 is 0 Å². The van der Waals surface area contributed by atoms with Crippen LogP contribution in [0.1, 0.15) is 20.3 Å². The average Bonchev–Trinajstić information content (AvgIpc) is 2.30. The number of anilines is 1.